The minimum absolute atomic E-state index is 0.179. The number of esters is 1. The summed E-state index contributed by atoms with van der Waals surface area (Å²) < 4.78 is 5.27. The number of nitrogens with zero attached hydrogens (tertiary/aromatic N) is 1. The lowest BCUT2D eigenvalue weighted by atomic mass is 9.95. The van der Waals surface area contributed by atoms with E-state index in [9.17, 15) is 9.59 Å². The van der Waals surface area contributed by atoms with Gasteiger partial charge < -0.3 is 10.1 Å². The molecule has 0 unspecified atom stereocenters. The molecule has 1 amide bonds. The number of fused-ring (bicyclic) bond motifs is 1. The van der Waals surface area contributed by atoms with E-state index < -0.39 is 0 Å². The molecule has 29 heavy (non-hydrogen) atoms. The number of aryl methyl sites for hydroxylation is 1. The van der Waals surface area contributed by atoms with E-state index in [0.29, 0.717) is 22.7 Å². The predicted octanol–water partition coefficient (Wildman–Crippen LogP) is 4.65. The van der Waals surface area contributed by atoms with E-state index >= 15 is 0 Å². The summed E-state index contributed by atoms with van der Waals surface area (Å²) in [5.74, 6) is -0.509. The van der Waals surface area contributed by atoms with Gasteiger partial charge in [0.25, 0.3) is 5.91 Å². The van der Waals surface area contributed by atoms with Crippen LogP contribution < -0.4 is 5.32 Å². The van der Waals surface area contributed by atoms with Crippen molar-refractivity contribution in [1.29, 1.82) is 0 Å². The Hall–Kier alpha value is -2.18. The largest absolute Gasteiger partial charge is 0.462 e. The highest BCUT2D eigenvalue weighted by molar-refractivity contribution is 7.17. The fourth-order valence-corrected chi connectivity index (χ4v) is 5.48. The van der Waals surface area contributed by atoms with Crippen LogP contribution in [-0.2, 0) is 24.1 Å². The second kappa shape index (κ2) is 9.09. The van der Waals surface area contributed by atoms with Crippen LogP contribution in [0.1, 0.15) is 69.3 Å². The molecule has 2 heterocycles. The first kappa shape index (κ1) is 20.1. The molecule has 0 saturated carbocycles. The summed E-state index contributed by atoms with van der Waals surface area (Å²) in [6, 6.07) is 7.80. The van der Waals surface area contributed by atoms with Crippen molar-refractivity contribution in [2.75, 3.05) is 25.0 Å². The number of likely N-dealkylation sites (tertiary alicyclic amines) is 1. The Labute approximate surface area is 176 Å². The van der Waals surface area contributed by atoms with Gasteiger partial charge in [-0.2, -0.15) is 0 Å². The average Bonchev–Trinajstić information content (AvgIpc) is 3.36. The molecule has 1 N–H and O–H groups in total. The summed E-state index contributed by atoms with van der Waals surface area (Å²) in [4.78, 5) is 29.0. The minimum atomic E-state index is -0.330. The standard InChI is InChI=1S/C23H28N2O3S/c1-2-28-23(27)20-18-7-3-4-8-19(18)29-22(20)24-21(26)17-11-9-16(10-12-17)15-25-13-5-6-14-25/h9-12H,2-8,13-15H2,1H3,(H,24,26). The number of rotatable bonds is 6. The molecule has 0 bridgehead atoms. The number of carbonyl (C=O) groups excluding carboxylic acids is 2. The van der Waals surface area contributed by atoms with Crippen LogP contribution in [0.25, 0.3) is 0 Å². The number of ether oxygens (including phenoxy) is 1. The first-order chi connectivity index (χ1) is 14.2. The number of thiophene rings is 1. The molecule has 4 rings (SSSR count). The maximum Gasteiger partial charge on any atom is 0.341 e. The first-order valence-electron chi connectivity index (χ1n) is 10.6. The van der Waals surface area contributed by atoms with Crippen molar-refractivity contribution in [2.24, 2.45) is 0 Å². The first-order valence-corrected chi connectivity index (χ1v) is 11.4. The van der Waals surface area contributed by atoms with Crippen molar-refractivity contribution in [3.8, 4) is 0 Å². The topological polar surface area (TPSA) is 58.6 Å². The maximum atomic E-state index is 12.8. The van der Waals surface area contributed by atoms with Crippen LogP contribution in [0.15, 0.2) is 24.3 Å². The van der Waals surface area contributed by atoms with Gasteiger partial charge in [-0.05, 0) is 81.8 Å². The molecule has 1 fully saturated rings. The lowest BCUT2D eigenvalue weighted by Gasteiger charge is -2.14. The highest BCUT2D eigenvalue weighted by Gasteiger charge is 2.27. The van der Waals surface area contributed by atoms with E-state index in [0.717, 1.165) is 50.9 Å². The molecule has 2 aliphatic rings. The van der Waals surface area contributed by atoms with E-state index in [-0.39, 0.29) is 11.9 Å². The third-order valence-electron chi connectivity index (χ3n) is 5.70. The Morgan fingerprint density at radius 2 is 1.79 bits per heavy atom. The van der Waals surface area contributed by atoms with Crippen LogP contribution in [-0.4, -0.2) is 36.5 Å². The summed E-state index contributed by atoms with van der Waals surface area (Å²) in [5.41, 5.74) is 3.46. The highest BCUT2D eigenvalue weighted by Crippen LogP contribution is 2.38. The molecule has 1 aliphatic carbocycles. The summed E-state index contributed by atoms with van der Waals surface area (Å²) >= 11 is 1.52. The molecule has 5 nitrogen and oxygen atoms in total. The van der Waals surface area contributed by atoms with Crippen LogP contribution in [0.2, 0.25) is 0 Å². The molecule has 1 saturated heterocycles. The molecular weight excluding hydrogens is 384 g/mol. The van der Waals surface area contributed by atoms with E-state index in [1.807, 2.05) is 24.3 Å². The smallest absolute Gasteiger partial charge is 0.341 e. The second-order valence-corrected chi connectivity index (χ2v) is 8.87. The number of hydrogen-bond acceptors (Lipinski definition) is 5. The number of amides is 1. The Kier molecular flexibility index (Phi) is 6.31. The molecule has 154 valence electrons. The average molecular weight is 413 g/mol. The van der Waals surface area contributed by atoms with Gasteiger partial charge >= 0.3 is 5.97 Å². The number of carbonyl (C=O) groups is 2. The molecule has 0 radical (unpaired) electrons. The van der Waals surface area contributed by atoms with Gasteiger partial charge in [0, 0.05) is 17.0 Å². The number of anilines is 1. The van der Waals surface area contributed by atoms with Crippen LogP contribution in [0.4, 0.5) is 5.00 Å². The zero-order chi connectivity index (χ0) is 20.2. The summed E-state index contributed by atoms with van der Waals surface area (Å²) in [6.45, 7) is 5.38. The normalized spacial score (nSPS) is 16.4. The van der Waals surface area contributed by atoms with Crippen molar-refractivity contribution >= 4 is 28.2 Å². The SMILES string of the molecule is CCOC(=O)c1c(NC(=O)c2ccc(CN3CCCC3)cc2)sc2c1CCCC2. The van der Waals surface area contributed by atoms with Crippen molar-refractivity contribution in [2.45, 2.75) is 52.0 Å². The Balaban J connectivity index is 1.50. The van der Waals surface area contributed by atoms with Crippen molar-refractivity contribution in [3.05, 3.63) is 51.4 Å². The molecule has 6 heteroatoms. The zero-order valence-electron chi connectivity index (χ0n) is 17.0. The Morgan fingerprint density at radius 1 is 1.07 bits per heavy atom. The molecular formula is C23H28N2O3S. The van der Waals surface area contributed by atoms with Gasteiger partial charge in [-0.1, -0.05) is 12.1 Å². The van der Waals surface area contributed by atoms with Crippen molar-refractivity contribution < 1.29 is 14.3 Å². The summed E-state index contributed by atoms with van der Waals surface area (Å²) in [5, 5.41) is 3.61. The third kappa shape index (κ3) is 4.54. The van der Waals surface area contributed by atoms with Gasteiger partial charge in [-0.3, -0.25) is 9.69 Å². The zero-order valence-corrected chi connectivity index (χ0v) is 17.8. The Morgan fingerprint density at radius 3 is 2.52 bits per heavy atom. The van der Waals surface area contributed by atoms with Gasteiger partial charge in [0.1, 0.15) is 5.00 Å². The monoisotopic (exact) mass is 412 g/mol. The maximum absolute atomic E-state index is 12.8. The molecule has 1 aromatic heterocycles. The molecule has 0 spiro atoms. The molecule has 2 aromatic rings. The van der Waals surface area contributed by atoms with Gasteiger partial charge in [0.05, 0.1) is 12.2 Å². The quantitative estimate of drug-likeness (QED) is 0.702. The van der Waals surface area contributed by atoms with E-state index in [4.69, 9.17) is 4.74 Å². The van der Waals surface area contributed by atoms with Crippen molar-refractivity contribution in [1.82, 2.24) is 4.90 Å². The number of nitrogens with one attached hydrogen (secondary N) is 1. The fraction of sp³-hybridized carbons (Fsp3) is 0.478. The predicted molar refractivity (Wildman–Crippen MR) is 116 cm³/mol. The summed E-state index contributed by atoms with van der Waals surface area (Å²) in [7, 11) is 0. The van der Waals surface area contributed by atoms with Gasteiger partial charge in [0.2, 0.25) is 0 Å². The van der Waals surface area contributed by atoms with E-state index in [1.165, 1.54) is 34.6 Å². The van der Waals surface area contributed by atoms with Crippen molar-refractivity contribution in [3.63, 3.8) is 0 Å². The van der Waals surface area contributed by atoms with E-state index in [2.05, 4.69) is 10.2 Å². The fourth-order valence-electron chi connectivity index (χ4n) is 4.21. The van der Waals surface area contributed by atoms with Gasteiger partial charge in [0.15, 0.2) is 0 Å². The number of benzene rings is 1. The lowest BCUT2D eigenvalue weighted by molar-refractivity contribution is 0.0526. The van der Waals surface area contributed by atoms with Crippen LogP contribution >= 0.6 is 11.3 Å². The second-order valence-electron chi connectivity index (χ2n) is 7.77. The van der Waals surface area contributed by atoms with Gasteiger partial charge in [-0.25, -0.2) is 4.79 Å². The number of hydrogen-bond donors (Lipinski definition) is 1. The highest BCUT2D eigenvalue weighted by atomic mass is 32.1. The molecule has 0 atom stereocenters. The molecule has 1 aliphatic heterocycles. The van der Waals surface area contributed by atoms with Gasteiger partial charge in [-0.15, -0.1) is 11.3 Å². The van der Waals surface area contributed by atoms with Crippen LogP contribution in [0.5, 0.6) is 0 Å². The van der Waals surface area contributed by atoms with Crippen LogP contribution in [0, 0.1) is 0 Å². The summed E-state index contributed by atoms with van der Waals surface area (Å²) in [6.07, 6.45) is 6.58. The molecule has 1 aromatic carbocycles. The minimum Gasteiger partial charge on any atom is -0.462 e. The lowest BCUT2D eigenvalue weighted by Crippen LogP contribution is -2.18. The van der Waals surface area contributed by atoms with Crippen LogP contribution in [0.3, 0.4) is 0 Å². The third-order valence-corrected chi connectivity index (χ3v) is 6.91. The Bertz CT molecular complexity index is 882. The van der Waals surface area contributed by atoms with E-state index in [1.54, 1.807) is 6.92 Å².